The van der Waals surface area contributed by atoms with Gasteiger partial charge in [-0.05, 0) is 41.8 Å². The molecule has 4 nitrogen and oxygen atoms in total. The van der Waals surface area contributed by atoms with Gasteiger partial charge in [-0.25, -0.2) is 9.80 Å². The summed E-state index contributed by atoms with van der Waals surface area (Å²) in [6, 6.07) is 0.232. The van der Waals surface area contributed by atoms with Gasteiger partial charge in [0.2, 0.25) is 5.88 Å². The summed E-state index contributed by atoms with van der Waals surface area (Å²) < 4.78 is 5.75. The van der Waals surface area contributed by atoms with E-state index in [1.54, 1.807) is 0 Å². The van der Waals surface area contributed by atoms with Gasteiger partial charge in [0, 0.05) is 12.1 Å². The molecule has 1 N–H and O–H groups in total. The van der Waals surface area contributed by atoms with E-state index in [1.807, 2.05) is 6.92 Å². The summed E-state index contributed by atoms with van der Waals surface area (Å²) in [7, 11) is 0. The number of hydrazine groups is 1. The van der Waals surface area contributed by atoms with Gasteiger partial charge in [-0.15, -0.1) is 0 Å². The zero-order valence-corrected chi connectivity index (χ0v) is 11.2. The second-order valence-corrected chi connectivity index (χ2v) is 4.85. The molecule has 0 amide bonds. The standard InChI is InChI=1S/C11H15BrN2O2/c1-4-5-14-7(3)8-6(2)9(12)11(15)16-10(8)13-14/h7,13H,4-5H2,1-3H3. The van der Waals surface area contributed by atoms with Gasteiger partial charge in [-0.2, -0.15) is 0 Å². The van der Waals surface area contributed by atoms with Crippen LogP contribution in [-0.4, -0.2) is 11.6 Å². The third kappa shape index (κ3) is 1.68. The molecule has 0 aromatic carbocycles. The van der Waals surface area contributed by atoms with Crippen LogP contribution in [0.1, 0.15) is 37.4 Å². The van der Waals surface area contributed by atoms with Crippen molar-refractivity contribution in [3.8, 4) is 0 Å². The Morgan fingerprint density at radius 1 is 1.56 bits per heavy atom. The molecule has 0 fully saturated rings. The topological polar surface area (TPSA) is 45.5 Å². The normalized spacial score (nSPS) is 19.6. The molecule has 1 aliphatic rings. The molecule has 1 aromatic heterocycles. The van der Waals surface area contributed by atoms with Crippen LogP contribution in [-0.2, 0) is 0 Å². The Kier molecular flexibility index (Phi) is 3.08. The van der Waals surface area contributed by atoms with Crippen LogP contribution in [0.4, 0.5) is 5.88 Å². The maximum Gasteiger partial charge on any atom is 0.352 e. The molecular formula is C11H15BrN2O2. The Morgan fingerprint density at radius 3 is 2.88 bits per heavy atom. The van der Waals surface area contributed by atoms with E-state index in [1.165, 1.54) is 0 Å². The molecule has 5 heteroatoms. The second kappa shape index (κ2) is 4.22. The number of nitrogens with one attached hydrogen (secondary N) is 1. The average Bonchev–Trinajstić information content (AvgIpc) is 2.53. The predicted molar refractivity (Wildman–Crippen MR) is 66.4 cm³/mol. The lowest BCUT2D eigenvalue weighted by molar-refractivity contribution is 0.276. The number of nitrogens with zero attached hydrogens (tertiary/aromatic N) is 1. The summed E-state index contributed by atoms with van der Waals surface area (Å²) in [5.41, 5.74) is 4.85. The van der Waals surface area contributed by atoms with Crippen LogP contribution in [0.5, 0.6) is 0 Å². The monoisotopic (exact) mass is 286 g/mol. The highest BCUT2D eigenvalue weighted by molar-refractivity contribution is 9.10. The third-order valence-corrected chi connectivity index (χ3v) is 3.87. The summed E-state index contributed by atoms with van der Waals surface area (Å²) in [6.07, 6.45) is 1.05. The molecule has 2 rings (SSSR count). The summed E-state index contributed by atoms with van der Waals surface area (Å²) >= 11 is 3.27. The molecule has 1 aliphatic heterocycles. The van der Waals surface area contributed by atoms with Crippen molar-refractivity contribution < 1.29 is 4.42 Å². The highest BCUT2D eigenvalue weighted by Crippen LogP contribution is 2.37. The van der Waals surface area contributed by atoms with Gasteiger partial charge in [0.15, 0.2) is 0 Å². The van der Waals surface area contributed by atoms with Gasteiger partial charge < -0.3 is 4.42 Å². The highest BCUT2D eigenvalue weighted by Gasteiger charge is 2.31. The summed E-state index contributed by atoms with van der Waals surface area (Å²) in [5.74, 6) is 0.589. The van der Waals surface area contributed by atoms with Crippen molar-refractivity contribution in [2.45, 2.75) is 33.2 Å². The van der Waals surface area contributed by atoms with Gasteiger partial charge >= 0.3 is 5.63 Å². The van der Waals surface area contributed by atoms with Crippen LogP contribution in [0, 0.1) is 6.92 Å². The smallest absolute Gasteiger partial charge is 0.352 e. The molecule has 0 bridgehead atoms. The van der Waals surface area contributed by atoms with Crippen molar-refractivity contribution >= 4 is 21.8 Å². The SMILES string of the molecule is CCCN1Nc2oc(=O)c(Br)c(C)c2C1C. The zero-order chi connectivity index (χ0) is 11.9. The van der Waals surface area contributed by atoms with E-state index >= 15 is 0 Å². The van der Waals surface area contributed by atoms with Crippen LogP contribution in [0.3, 0.4) is 0 Å². The molecule has 1 aromatic rings. The first-order chi connectivity index (χ1) is 7.56. The fourth-order valence-corrected chi connectivity index (χ4v) is 2.39. The van der Waals surface area contributed by atoms with E-state index in [-0.39, 0.29) is 11.7 Å². The fourth-order valence-electron chi connectivity index (χ4n) is 2.09. The van der Waals surface area contributed by atoms with E-state index in [2.05, 4.69) is 40.2 Å². The molecule has 2 heterocycles. The molecule has 1 atom stereocenters. The Hall–Kier alpha value is -0.810. The summed E-state index contributed by atoms with van der Waals surface area (Å²) in [4.78, 5) is 11.5. The molecule has 0 radical (unpaired) electrons. The maximum atomic E-state index is 11.5. The van der Waals surface area contributed by atoms with Crippen molar-refractivity contribution in [2.75, 3.05) is 12.0 Å². The summed E-state index contributed by atoms with van der Waals surface area (Å²) in [6.45, 7) is 7.09. The first-order valence-corrected chi connectivity index (χ1v) is 6.22. The molecule has 1 unspecified atom stereocenters. The molecular weight excluding hydrogens is 272 g/mol. The lowest BCUT2D eigenvalue weighted by Gasteiger charge is -2.20. The average molecular weight is 287 g/mol. The van der Waals surface area contributed by atoms with Crippen molar-refractivity contribution in [1.29, 1.82) is 0 Å². The zero-order valence-electron chi connectivity index (χ0n) is 9.63. The van der Waals surface area contributed by atoms with E-state index in [0.29, 0.717) is 10.4 Å². The van der Waals surface area contributed by atoms with Gasteiger partial charge in [-0.3, -0.25) is 5.43 Å². The van der Waals surface area contributed by atoms with Gasteiger partial charge in [0.25, 0.3) is 0 Å². The Morgan fingerprint density at radius 2 is 2.25 bits per heavy atom. The Bertz CT molecular complexity index is 470. The van der Waals surface area contributed by atoms with Gasteiger partial charge in [0.05, 0.1) is 6.04 Å². The van der Waals surface area contributed by atoms with Crippen LogP contribution >= 0.6 is 15.9 Å². The molecule has 88 valence electrons. The minimum Gasteiger partial charge on any atom is -0.404 e. The largest absolute Gasteiger partial charge is 0.404 e. The maximum absolute atomic E-state index is 11.5. The van der Waals surface area contributed by atoms with Gasteiger partial charge in [-0.1, -0.05) is 6.92 Å². The number of hydrogen-bond donors (Lipinski definition) is 1. The van der Waals surface area contributed by atoms with Crippen molar-refractivity contribution in [1.82, 2.24) is 5.01 Å². The van der Waals surface area contributed by atoms with Crippen LogP contribution in [0.15, 0.2) is 13.7 Å². The first kappa shape index (κ1) is 11.7. The molecule has 0 saturated carbocycles. The third-order valence-electron chi connectivity index (χ3n) is 2.95. The van der Waals surface area contributed by atoms with Crippen LogP contribution in [0.25, 0.3) is 0 Å². The Balaban J connectivity index is 2.48. The number of fused-ring (bicyclic) bond motifs is 1. The van der Waals surface area contributed by atoms with Crippen LogP contribution in [0.2, 0.25) is 0 Å². The van der Waals surface area contributed by atoms with Crippen molar-refractivity contribution in [3.63, 3.8) is 0 Å². The quantitative estimate of drug-likeness (QED) is 0.908. The lowest BCUT2D eigenvalue weighted by Crippen LogP contribution is -2.27. The number of halogens is 1. The number of anilines is 1. The molecule has 0 saturated heterocycles. The lowest BCUT2D eigenvalue weighted by atomic mass is 10.1. The van der Waals surface area contributed by atoms with E-state index in [9.17, 15) is 4.79 Å². The Labute approximate surface area is 103 Å². The minimum atomic E-state index is -0.325. The molecule has 0 aliphatic carbocycles. The predicted octanol–water partition coefficient (Wildman–Crippen LogP) is 2.82. The van der Waals surface area contributed by atoms with Crippen LogP contribution < -0.4 is 11.1 Å². The second-order valence-electron chi connectivity index (χ2n) is 4.05. The van der Waals surface area contributed by atoms with E-state index in [0.717, 1.165) is 24.1 Å². The number of hydrogen-bond acceptors (Lipinski definition) is 4. The number of rotatable bonds is 2. The molecule has 16 heavy (non-hydrogen) atoms. The van der Waals surface area contributed by atoms with Crippen molar-refractivity contribution in [2.24, 2.45) is 0 Å². The van der Waals surface area contributed by atoms with Gasteiger partial charge in [0.1, 0.15) is 4.47 Å². The molecule has 0 spiro atoms. The fraction of sp³-hybridized carbons (Fsp3) is 0.545. The van der Waals surface area contributed by atoms with Crippen molar-refractivity contribution in [3.05, 3.63) is 26.0 Å². The summed E-state index contributed by atoms with van der Waals surface area (Å²) in [5, 5.41) is 2.09. The van der Waals surface area contributed by atoms with E-state index in [4.69, 9.17) is 4.42 Å². The highest BCUT2D eigenvalue weighted by atomic mass is 79.9. The van der Waals surface area contributed by atoms with E-state index < -0.39 is 0 Å². The minimum absolute atomic E-state index is 0.232. The first-order valence-electron chi connectivity index (χ1n) is 5.42.